The molecule has 2 unspecified atom stereocenters. The van der Waals surface area contributed by atoms with E-state index >= 15 is 9.18 Å². The maximum Gasteiger partial charge on any atom is 0.258 e. The summed E-state index contributed by atoms with van der Waals surface area (Å²) in [7, 11) is 0. The average Bonchev–Trinajstić information content (AvgIpc) is 3.62. The van der Waals surface area contributed by atoms with Crippen molar-refractivity contribution in [3.05, 3.63) is 149 Å². The number of hydrogen-bond donors (Lipinski definition) is 3. The van der Waals surface area contributed by atoms with Gasteiger partial charge in [0.25, 0.3) is 5.91 Å². The minimum absolute atomic E-state index is 0.0250. The summed E-state index contributed by atoms with van der Waals surface area (Å²) in [6.07, 6.45) is -0.791. The molecule has 5 aromatic rings. The van der Waals surface area contributed by atoms with Crippen LogP contribution in [0.15, 0.2) is 121 Å². The van der Waals surface area contributed by atoms with E-state index < -0.39 is 57.1 Å². The summed E-state index contributed by atoms with van der Waals surface area (Å²) in [6, 6.07) is 35.2. The lowest BCUT2D eigenvalue weighted by Gasteiger charge is -2.45. The molecule has 1 saturated carbocycles. The zero-order valence-electron chi connectivity index (χ0n) is 31.9. The molecule has 1 saturated heterocycles. The molecule has 1 aliphatic heterocycles. The Morgan fingerprint density at radius 1 is 0.875 bits per heavy atom. The highest BCUT2D eigenvalue weighted by Crippen LogP contribution is 2.54. The largest absolute Gasteiger partial charge is 0.391 e. The predicted molar refractivity (Wildman–Crippen MR) is 221 cm³/mol. The Morgan fingerprint density at radius 3 is 1.89 bits per heavy atom. The van der Waals surface area contributed by atoms with Crippen molar-refractivity contribution in [3.63, 3.8) is 0 Å². The standard InChI is InChI=1S/C45H47FN4O4S2/c1-29(31-20-22-32(23-21-31)38-30(2)47-28-55-38)48-40(52)37-26-36(51)27-50(37)41(53)39(49-42(54)44(46)24-25-44)43(3,4)56-45(33-14-8-5-9-15-33,34-16-10-6-11-17-34)35-18-12-7-13-19-35/h5-23,28-29,36-37,39,51H,24-27H2,1-4H3,(H,48,52)(H,49,54)/t29?,36-,37-,39?/m1/s1. The average molecular weight is 791 g/mol. The maximum absolute atomic E-state index is 15.5. The summed E-state index contributed by atoms with van der Waals surface area (Å²) in [5, 5.41) is 16.9. The number of rotatable bonds is 13. The summed E-state index contributed by atoms with van der Waals surface area (Å²) in [5.74, 6) is -1.82. The van der Waals surface area contributed by atoms with Crippen molar-refractivity contribution >= 4 is 40.8 Å². The zero-order valence-corrected chi connectivity index (χ0v) is 33.6. The molecule has 2 fully saturated rings. The Bertz CT molecular complexity index is 2060. The molecule has 8 nitrogen and oxygen atoms in total. The number of hydrogen-bond acceptors (Lipinski definition) is 7. The lowest BCUT2D eigenvalue weighted by Crippen LogP contribution is -2.61. The van der Waals surface area contributed by atoms with Gasteiger partial charge in [-0.05, 0) is 68.4 Å². The van der Waals surface area contributed by atoms with Gasteiger partial charge in [-0.2, -0.15) is 0 Å². The maximum atomic E-state index is 15.5. The molecule has 0 spiro atoms. The number of β-amino-alcohol motifs (C(OH)–C–C–N with tert-alkyl or cyclic N) is 1. The van der Waals surface area contributed by atoms with E-state index in [1.54, 1.807) is 11.3 Å². The van der Waals surface area contributed by atoms with Crippen LogP contribution in [0.25, 0.3) is 10.4 Å². The molecular weight excluding hydrogens is 744 g/mol. The Labute approximate surface area is 336 Å². The zero-order chi connectivity index (χ0) is 39.7. The summed E-state index contributed by atoms with van der Waals surface area (Å²) in [5.41, 5.74) is 5.48. The number of carbonyl (C=O) groups is 3. The predicted octanol–water partition coefficient (Wildman–Crippen LogP) is 7.75. The van der Waals surface area contributed by atoms with E-state index in [1.807, 2.05) is 148 Å². The number of carbonyl (C=O) groups excluding carboxylic acids is 3. The van der Waals surface area contributed by atoms with Crippen LogP contribution < -0.4 is 10.6 Å². The van der Waals surface area contributed by atoms with Gasteiger partial charge in [0.1, 0.15) is 12.1 Å². The first-order valence-electron chi connectivity index (χ1n) is 19.0. The van der Waals surface area contributed by atoms with E-state index in [0.717, 1.165) is 38.4 Å². The minimum atomic E-state index is -2.06. The number of alkyl halides is 1. The monoisotopic (exact) mass is 790 g/mol. The van der Waals surface area contributed by atoms with Gasteiger partial charge in [-0.1, -0.05) is 115 Å². The van der Waals surface area contributed by atoms with Gasteiger partial charge in [0.15, 0.2) is 5.67 Å². The number of nitrogens with one attached hydrogen (secondary N) is 2. The van der Waals surface area contributed by atoms with Gasteiger partial charge in [0.2, 0.25) is 11.8 Å². The number of halogens is 1. The lowest BCUT2D eigenvalue weighted by molar-refractivity contribution is -0.143. The molecule has 2 heterocycles. The molecule has 290 valence electrons. The molecule has 3 amide bonds. The summed E-state index contributed by atoms with van der Waals surface area (Å²) < 4.78 is 13.5. The van der Waals surface area contributed by atoms with Gasteiger partial charge in [0, 0.05) is 17.7 Å². The number of thiazole rings is 1. The van der Waals surface area contributed by atoms with Crippen LogP contribution in [0.4, 0.5) is 4.39 Å². The van der Waals surface area contributed by atoms with Crippen LogP contribution in [0.2, 0.25) is 0 Å². The van der Waals surface area contributed by atoms with Crippen molar-refractivity contribution in [2.75, 3.05) is 6.54 Å². The molecule has 7 rings (SSSR count). The first kappa shape index (κ1) is 39.4. The third-order valence-electron chi connectivity index (χ3n) is 10.9. The third kappa shape index (κ3) is 7.90. The number of nitrogens with zero attached hydrogens (tertiary/aromatic N) is 2. The molecule has 11 heteroatoms. The van der Waals surface area contributed by atoms with Gasteiger partial charge in [-0.15, -0.1) is 23.1 Å². The van der Waals surface area contributed by atoms with Gasteiger partial charge in [0.05, 0.1) is 33.0 Å². The number of likely N-dealkylation sites (tertiary alicyclic amines) is 1. The van der Waals surface area contributed by atoms with E-state index in [2.05, 4.69) is 15.6 Å². The molecule has 0 radical (unpaired) electrons. The molecule has 1 aromatic heterocycles. The number of thioether (sulfide) groups is 1. The topological polar surface area (TPSA) is 112 Å². The van der Waals surface area contributed by atoms with E-state index in [-0.39, 0.29) is 25.8 Å². The van der Waals surface area contributed by atoms with Crippen LogP contribution in [0.1, 0.15) is 74.0 Å². The second-order valence-electron chi connectivity index (χ2n) is 15.4. The quantitative estimate of drug-likeness (QED) is 0.105. The smallest absolute Gasteiger partial charge is 0.258 e. The van der Waals surface area contributed by atoms with Crippen LogP contribution in [0.5, 0.6) is 0 Å². The van der Waals surface area contributed by atoms with Gasteiger partial charge >= 0.3 is 0 Å². The van der Waals surface area contributed by atoms with Crippen LogP contribution in [-0.4, -0.2) is 67.9 Å². The number of aromatic nitrogens is 1. The summed E-state index contributed by atoms with van der Waals surface area (Å²) in [6.45, 7) is 7.49. The van der Waals surface area contributed by atoms with Crippen molar-refractivity contribution in [2.45, 2.75) is 86.3 Å². The van der Waals surface area contributed by atoms with E-state index in [1.165, 1.54) is 16.7 Å². The Morgan fingerprint density at radius 2 is 1.41 bits per heavy atom. The van der Waals surface area contributed by atoms with Crippen molar-refractivity contribution < 1.29 is 23.9 Å². The third-order valence-corrected chi connectivity index (χ3v) is 13.7. The lowest BCUT2D eigenvalue weighted by atomic mass is 9.84. The summed E-state index contributed by atoms with van der Waals surface area (Å²) >= 11 is 3.06. The van der Waals surface area contributed by atoms with Crippen LogP contribution in [0, 0.1) is 6.92 Å². The Hall–Kier alpha value is -4.84. The van der Waals surface area contributed by atoms with Gasteiger partial charge in [-0.25, -0.2) is 9.37 Å². The highest BCUT2D eigenvalue weighted by Gasteiger charge is 2.55. The molecule has 0 bridgehead atoms. The summed E-state index contributed by atoms with van der Waals surface area (Å²) in [4.78, 5) is 49.5. The normalized spacial score (nSPS) is 18.9. The van der Waals surface area contributed by atoms with Gasteiger partial charge < -0.3 is 20.6 Å². The van der Waals surface area contributed by atoms with Crippen LogP contribution in [-0.2, 0) is 19.1 Å². The second kappa shape index (κ2) is 16.0. The van der Waals surface area contributed by atoms with Crippen LogP contribution >= 0.6 is 23.1 Å². The fourth-order valence-corrected chi connectivity index (χ4v) is 10.3. The molecule has 1 aliphatic carbocycles. The Balaban J connectivity index is 1.21. The second-order valence-corrected chi connectivity index (χ2v) is 18.1. The SMILES string of the molecule is Cc1ncsc1-c1ccc(C(C)NC(=O)[C@H]2C[C@@H](O)CN2C(=O)C(NC(=O)C2(F)CC2)C(C)(C)SC(c2ccccc2)(c2ccccc2)c2ccccc2)cc1. The number of aliphatic hydroxyl groups excluding tert-OH is 1. The van der Waals surface area contributed by atoms with E-state index in [4.69, 9.17) is 0 Å². The molecule has 56 heavy (non-hydrogen) atoms. The highest BCUT2D eigenvalue weighted by atomic mass is 32.2. The fourth-order valence-electron chi connectivity index (χ4n) is 7.65. The van der Waals surface area contributed by atoms with E-state index in [0.29, 0.717) is 0 Å². The van der Waals surface area contributed by atoms with Crippen molar-refractivity contribution in [1.82, 2.24) is 20.5 Å². The van der Waals surface area contributed by atoms with Crippen molar-refractivity contribution in [3.8, 4) is 10.4 Å². The molecule has 2 aliphatic rings. The number of aryl methyl sites for hydroxylation is 1. The first-order valence-corrected chi connectivity index (χ1v) is 20.7. The molecular formula is C45H47FN4O4S2. The van der Waals surface area contributed by atoms with Gasteiger partial charge in [-0.3, -0.25) is 14.4 Å². The van der Waals surface area contributed by atoms with Crippen molar-refractivity contribution in [1.29, 1.82) is 0 Å². The van der Waals surface area contributed by atoms with Crippen molar-refractivity contribution in [2.24, 2.45) is 0 Å². The Kier molecular flexibility index (Phi) is 11.2. The first-order chi connectivity index (χ1) is 26.8. The molecule has 3 N–H and O–H groups in total. The number of benzene rings is 4. The number of amides is 3. The van der Waals surface area contributed by atoms with E-state index in [9.17, 15) is 14.7 Å². The number of aliphatic hydroxyl groups is 1. The van der Waals surface area contributed by atoms with Crippen LogP contribution in [0.3, 0.4) is 0 Å². The fraction of sp³-hybridized carbons (Fsp3) is 0.333. The molecule has 4 aromatic carbocycles. The minimum Gasteiger partial charge on any atom is -0.391 e. The molecule has 4 atom stereocenters. The highest BCUT2D eigenvalue weighted by molar-refractivity contribution is 8.02.